The Kier molecular flexibility index (Phi) is 6.32. The van der Waals surface area contributed by atoms with Gasteiger partial charge in [-0.2, -0.15) is 0 Å². The van der Waals surface area contributed by atoms with Gasteiger partial charge in [-0.25, -0.2) is 8.78 Å². The number of rotatable bonds is 6. The second-order valence-corrected chi connectivity index (χ2v) is 8.34. The van der Waals surface area contributed by atoms with Crippen molar-refractivity contribution in [2.75, 3.05) is 19.6 Å². The number of carbonyl (C=O) groups is 1. The molecule has 0 aliphatic carbocycles. The summed E-state index contributed by atoms with van der Waals surface area (Å²) in [5.74, 6) is -0.784. The molecule has 2 fully saturated rings. The molecule has 2 aromatic rings. The molecular formula is C24H28F2N2O2. The van der Waals surface area contributed by atoms with Crippen LogP contribution in [0.2, 0.25) is 0 Å². The summed E-state index contributed by atoms with van der Waals surface area (Å²) in [6.45, 7) is 5.06. The van der Waals surface area contributed by atoms with Crippen LogP contribution >= 0.6 is 0 Å². The van der Waals surface area contributed by atoms with Crippen LogP contribution in [0, 0.1) is 11.6 Å². The third-order valence-electron chi connectivity index (χ3n) is 6.26. The summed E-state index contributed by atoms with van der Waals surface area (Å²) in [7, 11) is 0. The van der Waals surface area contributed by atoms with E-state index < -0.39 is 5.82 Å². The van der Waals surface area contributed by atoms with Gasteiger partial charge in [-0.3, -0.25) is 9.69 Å². The average Bonchev–Trinajstić information content (AvgIpc) is 3.36. The fourth-order valence-corrected chi connectivity index (χ4v) is 4.49. The first kappa shape index (κ1) is 20.8. The normalized spacial score (nSPS) is 21.9. The number of ether oxygens (including phenoxy) is 1. The van der Waals surface area contributed by atoms with Crippen LogP contribution in [0.15, 0.2) is 42.5 Å². The molecule has 30 heavy (non-hydrogen) atoms. The van der Waals surface area contributed by atoms with Crippen LogP contribution in [0.1, 0.15) is 48.5 Å². The maximum absolute atomic E-state index is 14.7. The third kappa shape index (κ3) is 4.64. The van der Waals surface area contributed by atoms with Crippen LogP contribution in [-0.2, 0) is 6.61 Å². The van der Waals surface area contributed by atoms with Crippen LogP contribution < -0.4 is 4.74 Å². The molecule has 0 saturated carbocycles. The molecule has 0 N–H and O–H groups in total. The Bertz CT molecular complexity index is 887. The summed E-state index contributed by atoms with van der Waals surface area (Å²) in [5.41, 5.74) is 0.874. The van der Waals surface area contributed by atoms with Gasteiger partial charge in [-0.1, -0.05) is 12.1 Å². The minimum atomic E-state index is -0.572. The van der Waals surface area contributed by atoms with E-state index in [4.69, 9.17) is 4.74 Å². The largest absolute Gasteiger partial charge is 0.489 e. The van der Waals surface area contributed by atoms with Crippen molar-refractivity contribution in [1.82, 2.24) is 9.80 Å². The molecule has 4 rings (SSSR count). The van der Waals surface area contributed by atoms with Crippen LogP contribution in [0.5, 0.6) is 5.75 Å². The van der Waals surface area contributed by atoms with E-state index >= 15 is 0 Å². The highest BCUT2D eigenvalue weighted by Gasteiger charge is 2.33. The van der Waals surface area contributed by atoms with E-state index in [2.05, 4.69) is 11.8 Å². The first-order chi connectivity index (χ1) is 14.5. The summed E-state index contributed by atoms with van der Waals surface area (Å²) >= 11 is 0. The smallest absolute Gasteiger partial charge is 0.257 e. The molecule has 2 aliphatic heterocycles. The van der Waals surface area contributed by atoms with Gasteiger partial charge in [0.1, 0.15) is 24.0 Å². The molecular weight excluding hydrogens is 386 g/mol. The molecule has 2 aliphatic rings. The van der Waals surface area contributed by atoms with Crippen LogP contribution in [0.25, 0.3) is 0 Å². The zero-order valence-corrected chi connectivity index (χ0v) is 17.3. The lowest BCUT2D eigenvalue weighted by Crippen LogP contribution is -2.44. The van der Waals surface area contributed by atoms with Crippen molar-refractivity contribution in [1.29, 1.82) is 0 Å². The van der Waals surface area contributed by atoms with Gasteiger partial charge in [0.15, 0.2) is 0 Å². The Morgan fingerprint density at radius 3 is 2.53 bits per heavy atom. The molecule has 2 atom stereocenters. The number of likely N-dealkylation sites (tertiary alicyclic amines) is 2. The Balaban J connectivity index is 1.40. The van der Waals surface area contributed by atoms with Gasteiger partial charge >= 0.3 is 0 Å². The van der Waals surface area contributed by atoms with Gasteiger partial charge in [0.25, 0.3) is 5.91 Å². The molecule has 6 heteroatoms. The lowest BCUT2D eigenvalue weighted by atomic mass is 10.1. The lowest BCUT2D eigenvalue weighted by molar-refractivity contribution is 0.0692. The lowest BCUT2D eigenvalue weighted by Gasteiger charge is -2.31. The SMILES string of the molecule is C[C@@H]1CCCN1C[C@@H]1CCCN1C(=O)c1ccc(OCc2ccc(F)cc2)cc1F. The van der Waals surface area contributed by atoms with Crippen LogP contribution in [0.4, 0.5) is 8.78 Å². The topological polar surface area (TPSA) is 32.8 Å². The zero-order chi connectivity index (χ0) is 21.1. The predicted octanol–water partition coefficient (Wildman–Crippen LogP) is 4.63. The van der Waals surface area contributed by atoms with Gasteiger partial charge in [0, 0.05) is 31.2 Å². The van der Waals surface area contributed by atoms with E-state index in [0.29, 0.717) is 18.3 Å². The highest BCUT2D eigenvalue weighted by molar-refractivity contribution is 5.95. The molecule has 2 heterocycles. The number of nitrogens with zero attached hydrogens (tertiary/aromatic N) is 2. The second kappa shape index (κ2) is 9.13. The molecule has 0 unspecified atom stereocenters. The van der Waals surface area contributed by atoms with Crippen LogP contribution in [0.3, 0.4) is 0 Å². The van der Waals surface area contributed by atoms with Crippen molar-refractivity contribution in [2.24, 2.45) is 0 Å². The van der Waals surface area contributed by atoms with Crippen molar-refractivity contribution < 1.29 is 18.3 Å². The number of benzene rings is 2. The van der Waals surface area contributed by atoms with Gasteiger partial charge < -0.3 is 9.64 Å². The van der Waals surface area contributed by atoms with Crippen molar-refractivity contribution in [3.05, 3.63) is 65.2 Å². The maximum atomic E-state index is 14.7. The van der Waals surface area contributed by atoms with Gasteiger partial charge in [0.05, 0.1) is 5.56 Å². The molecule has 0 aromatic heterocycles. The number of hydrogen-bond donors (Lipinski definition) is 0. The molecule has 1 amide bonds. The molecule has 0 bridgehead atoms. The number of hydrogen-bond acceptors (Lipinski definition) is 3. The van der Waals surface area contributed by atoms with Crippen molar-refractivity contribution in [3.8, 4) is 5.75 Å². The van der Waals surface area contributed by atoms with E-state index in [0.717, 1.165) is 31.5 Å². The molecule has 2 aromatic carbocycles. The van der Waals surface area contributed by atoms with E-state index in [-0.39, 0.29) is 29.9 Å². The fourth-order valence-electron chi connectivity index (χ4n) is 4.49. The summed E-state index contributed by atoms with van der Waals surface area (Å²) < 4.78 is 33.3. The Hall–Kier alpha value is -2.47. The Morgan fingerprint density at radius 1 is 1.07 bits per heavy atom. The molecule has 4 nitrogen and oxygen atoms in total. The number of amides is 1. The molecule has 0 spiro atoms. The van der Waals surface area contributed by atoms with Crippen molar-refractivity contribution in [3.63, 3.8) is 0 Å². The number of carbonyl (C=O) groups excluding carboxylic acids is 1. The maximum Gasteiger partial charge on any atom is 0.257 e. The van der Waals surface area contributed by atoms with Gasteiger partial charge in [-0.15, -0.1) is 0 Å². The summed E-state index contributed by atoms with van der Waals surface area (Å²) in [6, 6.07) is 11.0. The van der Waals surface area contributed by atoms with E-state index in [1.54, 1.807) is 18.2 Å². The monoisotopic (exact) mass is 414 g/mol. The van der Waals surface area contributed by atoms with E-state index in [9.17, 15) is 13.6 Å². The third-order valence-corrected chi connectivity index (χ3v) is 6.26. The van der Waals surface area contributed by atoms with E-state index in [1.807, 2.05) is 4.90 Å². The van der Waals surface area contributed by atoms with E-state index in [1.165, 1.54) is 37.1 Å². The first-order valence-electron chi connectivity index (χ1n) is 10.7. The minimum Gasteiger partial charge on any atom is -0.489 e. The van der Waals surface area contributed by atoms with Gasteiger partial charge in [0.2, 0.25) is 0 Å². The average molecular weight is 414 g/mol. The van der Waals surface area contributed by atoms with Crippen molar-refractivity contribution >= 4 is 5.91 Å². The summed E-state index contributed by atoms with van der Waals surface area (Å²) in [5, 5.41) is 0. The standard InChI is InChI=1S/C24H28F2N2O2/c1-17-4-2-12-27(17)15-20-5-3-13-28(20)24(29)22-11-10-21(14-23(22)26)30-16-18-6-8-19(25)9-7-18/h6-11,14,17,20H,2-5,12-13,15-16H2,1H3/t17-,20+/m1/s1. The van der Waals surface area contributed by atoms with Crippen LogP contribution in [-0.4, -0.2) is 47.4 Å². The molecule has 2 saturated heterocycles. The van der Waals surface area contributed by atoms with Gasteiger partial charge in [-0.05, 0) is 69.0 Å². The number of halogens is 2. The predicted molar refractivity (Wildman–Crippen MR) is 111 cm³/mol. The summed E-state index contributed by atoms with van der Waals surface area (Å²) in [4.78, 5) is 17.3. The fraction of sp³-hybridized carbons (Fsp3) is 0.458. The Labute approximate surface area is 176 Å². The molecule has 0 radical (unpaired) electrons. The first-order valence-corrected chi connectivity index (χ1v) is 10.7. The highest BCUT2D eigenvalue weighted by Crippen LogP contribution is 2.26. The molecule has 160 valence electrons. The zero-order valence-electron chi connectivity index (χ0n) is 17.3. The minimum absolute atomic E-state index is 0.0884. The summed E-state index contributed by atoms with van der Waals surface area (Å²) in [6.07, 6.45) is 4.33. The Morgan fingerprint density at radius 2 is 1.83 bits per heavy atom. The highest BCUT2D eigenvalue weighted by atomic mass is 19.1. The second-order valence-electron chi connectivity index (χ2n) is 8.34. The quantitative estimate of drug-likeness (QED) is 0.691. The van der Waals surface area contributed by atoms with Crippen molar-refractivity contribution in [2.45, 2.75) is 51.3 Å².